The van der Waals surface area contributed by atoms with Crippen LogP contribution in [0.2, 0.25) is 0 Å². The molecule has 8 heteroatoms. The van der Waals surface area contributed by atoms with Crippen LogP contribution in [0.5, 0.6) is 5.75 Å². The van der Waals surface area contributed by atoms with Gasteiger partial charge >= 0.3 is 5.69 Å². The first-order valence-electron chi connectivity index (χ1n) is 7.89. The van der Waals surface area contributed by atoms with Crippen molar-refractivity contribution in [1.82, 2.24) is 24.9 Å². The third-order valence-electron chi connectivity index (χ3n) is 4.31. The Morgan fingerprint density at radius 3 is 3.21 bits per heavy atom. The molecule has 4 rings (SSSR count). The summed E-state index contributed by atoms with van der Waals surface area (Å²) in [6.45, 7) is 2.35. The zero-order valence-electron chi connectivity index (χ0n) is 13.0. The highest BCUT2D eigenvalue weighted by atomic mass is 16.3. The van der Waals surface area contributed by atoms with E-state index in [9.17, 15) is 9.90 Å². The lowest BCUT2D eigenvalue weighted by Crippen LogP contribution is -2.32. The van der Waals surface area contributed by atoms with Crippen molar-refractivity contribution in [2.24, 2.45) is 0 Å². The van der Waals surface area contributed by atoms with E-state index in [4.69, 9.17) is 0 Å². The van der Waals surface area contributed by atoms with E-state index in [1.54, 1.807) is 24.5 Å². The van der Waals surface area contributed by atoms with Crippen molar-refractivity contribution in [3.8, 4) is 5.75 Å². The summed E-state index contributed by atoms with van der Waals surface area (Å²) in [6, 6.07) is 7.57. The maximum atomic E-state index is 11.7. The second kappa shape index (κ2) is 5.97. The zero-order chi connectivity index (χ0) is 16.5. The highest BCUT2D eigenvalue weighted by molar-refractivity contribution is 5.63. The van der Waals surface area contributed by atoms with Crippen LogP contribution in [0.4, 0.5) is 5.82 Å². The van der Waals surface area contributed by atoms with Crippen LogP contribution in [0, 0.1) is 0 Å². The fourth-order valence-electron chi connectivity index (χ4n) is 3.10. The smallest absolute Gasteiger partial charge is 0.347 e. The van der Waals surface area contributed by atoms with E-state index in [2.05, 4.69) is 25.4 Å². The van der Waals surface area contributed by atoms with E-state index in [1.165, 1.54) is 4.40 Å². The molecule has 1 fully saturated rings. The molecule has 0 radical (unpaired) electrons. The van der Waals surface area contributed by atoms with Crippen LogP contribution >= 0.6 is 0 Å². The number of rotatable bonds is 4. The molecule has 3 heterocycles. The third kappa shape index (κ3) is 2.71. The molecule has 0 saturated carbocycles. The molecule has 3 aromatic rings. The standard InChI is InChI=1S/C16H18N6O2/c23-13-3-1-2-11(8-13)9-18-12-4-6-21(10-12)14-15-19-20-16(24)22(15)7-5-17-14/h1-3,5,7-8,12,18,23H,4,6,9-10H2,(H,20,24). The van der Waals surface area contributed by atoms with E-state index in [0.717, 1.165) is 30.9 Å². The average molecular weight is 326 g/mol. The van der Waals surface area contributed by atoms with E-state index >= 15 is 0 Å². The minimum absolute atomic E-state index is 0.258. The SMILES string of the molecule is O=c1[nH]nc2c(N3CCC(NCc4cccc(O)c4)C3)nccn12. The summed E-state index contributed by atoms with van der Waals surface area (Å²) in [5, 5.41) is 19.5. The van der Waals surface area contributed by atoms with Crippen LogP contribution in [0.1, 0.15) is 12.0 Å². The Morgan fingerprint density at radius 1 is 1.42 bits per heavy atom. The monoisotopic (exact) mass is 326 g/mol. The lowest BCUT2D eigenvalue weighted by atomic mass is 10.2. The maximum Gasteiger partial charge on any atom is 0.347 e. The average Bonchev–Trinajstić information content (AvgIpc) is 3.20. The number of phenolic OH excluding ortho intramolecular Hbond substituents is 1. The van der Waals surface area contributed by atoms with Crippen molar-refractivity contribution in [3.05, 3.63) is 52.7 Å². The Bertz CT molecular complexity index is 918. The van der Waals surface area contributed by atoms with Crippen LogP contribution in [0.15, 0.2) is 41.5 Å². The summed E-state index contributed by atoms with van der Waals surface area (Å²) in [6.07, 6.45) is 4.21. The third-order valence-corrected chi connectivity index (χ3v) is 4.31. The minimum Gasteiger partial charge on any atom is -0.508 e. The van der Waals surface area contributed by atoms with Crippen molar-refractivity contribution in [2.75, 3.05) is 18.0 Å². The van der Waals surface area contributed by atoms with Crippen LogP contribution < -0.4 is 15.9 Å². The molecule has 0 amide bonds. The largest absolute Gasteiger partial charge is 0.508 e. The van der Waals surface area contributed by atoms with E-state index < -0.39 is 0 Å². The number of nitrogens with zero attached hydrogens (tertiary/aromatic N) is 4. The minimum atomic E-state index is -0.258. The van der Waals surface area contributed by atoms with Gasteiger partial charge in [-0.05, 0) is 24.1 Å². The molecule has 8 nitrogen and oxygen atoms in total. The highest BCUT2D eigenvalue weighted by Gasteiger charge is 2.25. The predicted molar refractivity (Wildman–Crippen MR) is 89.2 cm³/mol. The number of benzene rings is 1. The summed E-state index contributed by atoms with van der Waals surface area (Å²) in [7, 11) is 0. The van der Waals surface area contributed by atoms with Crippen molar-refractivity contribution in [3.63, 3.8) is 0 Å². The van der Waals surface area contributed by atoms with Gasteiger partial charge in [-0.2, -0.15) is 0 Å². The van der Waals surface area contributed by atoms with Crippen molar-refractivity contribution >= 4 is 11.5 Å². The highest BCUT2D eigenvalue weighted by Crippen LogP contribution is 2.21. The Morgan fingerprint density at radius 2 is 2.33 bits per heavy atom. The molecular formula is C16H18N6O2. The Hall–Kier alpha value is -2.87. The number of H-pyrrole nitrogens is 1. The molecule has 2 aromatic heterocycles. The van der Waals surface area contributed by atoms with E-state index in [0.29, 0.717) is 18.2 Å². The number of anilines is 1. The van der Waals surface area contributed by atoms with Gasteiger partial charge in [0.15, 0.2) is 5.82 Å². The summed E-state index contributed by atoms with van der Waals surface area (Å²) in [4.78, 5) is 18.2. The van der Waals surface area contributed by atoms with Gasteiger partial charge in [-0.3, -0.25) is 0 Å². The summed E-state index contributed by atoms with van der Waals surface area (Å²) in [5.41, 5.74) is 1.34. The molecule has 124 valence electrons. The van der Waals surface area contributed by atoms with Crippen LogP contribution in [-0.2, 0) is 6.54 Å². The first kappa shape index (κ1) is 14.7. The summed E-state index contributed by atoms with van der Waals surface area (Å²) < 4.78 is 1.47. The molecule has 24 heavy (non-hydrogen) atoms. The topological polar surface area (TPSA) is 98.5 Å². The van der Waals surface area contributed by atoms with Crippen molar-refractivity contribution in [2.45, 2.75) is 19.0 Å². The normalized spacial score (nSPS) is 17.7. The number of phenols is 1. The number of aromatic hydroxyl groups is 1. The quantitative estimate of drug-likeness (QED) is 0.645. The second-order valence-corrected chi connectivity index (χ2v) is 5.96. The fourth-order valence-corrected chi connectivity index (χ4v) is 3.10. The van der Waals surface area contributed by atoms with Gasteiger partial charge in [0, 0.05) is 38.1 Å². The molecule has 3 N–H and O–H groups in total. The van der Waals surface area contributed by atoms with Gasteiger partial charge in [0.1, 0.15) is 5.75 Å². The van der Waals surface area contributed by atoms with Crippen molar-refractivity contribution < 1.29 is 5.11 Å². The second-order valence-electron chi connectivity index (χ2n) is 5.96. The molecule has 1 unspecified atom stereocenters. The molecule has 0 bridgehead atoms. The van der Waals surface area contributed by atoms with Crippen LogP contribution in [-0.4, -0.2) is 43.8 Å². The van der Waals surface area contributed by atoms with Gasteiger partial charge in [-0.25, -0.2) is 19.3 Å². The van der Waals surface area contributed by atoms with E-state index in [-0.39, 0.29) is 11.4 Å². The Balaban J connectivity index is 1.45. The molecular weight excluding hydrogens is 308 g/mol. The molecule has 1 aliphatic rings. The number of aromatic nitrogens is 4. The van der Waals surface area contributed by atoms with Gasteiger partial charge in [0.2, 0.25) is 5.65 Å². The Kier molecular flexibility index (Phi) is 3.66. The molecule has 0 spiro atoms. The number of hydrogen-bond acceptors (Lipinski definition) is 6. The van der Waals surface area contributed by atoms with Gasteiger partial charge in [0.25, 0.3) is 0 Å². The molecule has 0 aliphatic carbocycles. The number of nitrogens with one attached hydrogen (secondary N) is 2. The zero-order valence-corrected chi connectivity index (χ0v) is 13.0. The lowest BCUT2D eigenvalue weighted by Gasteiger charge is -2.18. The maximum absolute atomic E-state index is 11.7. The number of fused-ring (bicyclic) bond motifs is 1. The first-order valence-corrected chi connectivity index (χ1v) is 7.89. The van der Waals surface area contributed by atoms with Gasteiger partial charge in [-0.15, -0.1) is 5.10 Å². The Labute approximate surface area is 137 Å². The van der Waals surface area contributed by atoms with E-state index in [1.807, 2.05) is 12.1 Å². The summed E-state index contributed by atoms with van der Waals surface area (Å²) >= 11 is 0. The van der Waals surface area contributed by atoms with Crippen LogP contribution in [0.25, 0.3) is 5.65 Å². The van der Waals surface area contributed by atoms with Crippen molar-refractivity contribution in [1.29, 1.82) is 0 Å². The molecule has 1 aromatic carbocycles. The lowest BCUT2D eigenvalue weighted by molar-refractivity contribution is 0.473. The summed E-state index contributed by atoms with van der Waals surface area (Å²) in [5.74, 6) is 1.000. The molecule has 1 atom stereocenters. The van der Waals surface area contributed by atoms with Gasteiger partial charge in [-0.1, -0.05) is 12.1 Å². The van der Waals surface area contributed by atoms with Crippen LogP contribution in [0.3, 0.4) is 0 Å². The number of hydrogen-bond donors (Lipinski definition) is 3. The predicted octanol–water partition coefficient (Wildman–Crippen LogP) is 0.492. The fraction of sp³-hybridized carbons (Fsp3) is 0.312. The number of aromatic amines is 1. The molecule has 1 aliphatic heterocycles. The van der Waals surface area contributed by atoms with Gasteiger partial charge < -0.3 is 15.3 Å². The van der Waals surface area contributed by atoms with Gasteiger partial charge in [0.05, 0.1) is 0 Å². The first-order chi connectivity index (χ1) is 11.7. The molecule has 1 saturated heterocycles.